The Balaban J connectivity index is 1.37. The van der Waals surface area contributed by atoms with Crippen molar-refractivity contribution >= 4 is 11.9 Å². The SMILES string of the molecule is CN=C(NCCCOc1c(C)cccc1C)N1CCN(C(=O)C2CCCO2)CC1. The highest BCUT2D eigenvalue weighted by molar-refractivity contribution is 5.82. The van der Waals surface area contributed by atoms with Crippen molar-refractivity contribution in [2.24, 2.45) is 4.99 Å². The van der Waals surface area contributed by atoms with Crippen LogP contribution in [-0.4, -0.2) is 80.8 Å². The van der Waals surface area contributed by atoms with E-state index in [1.165, 1.54) is 11.1 Å². The minimum Gasteiger partial charge on any atom is -0.493 e. The number of nitrogens with one attached hydrogen (secondary N) is 1. The van der Waals surface area contributed by atoms with Crippen molar-refractivity contribution in [2.45, 2.75) is 39.2 Å². The predicted molar refractivity (Wildman–Crippen MR) is 115 cm³/mol. The third-order valence-corrected chi connectivity index (χ3v) is 5.57. The zero-order valence-corrected chi connectivity index (χ0v) is 17.9. The molecule has 0 spiro atoms. The monoisotopic (exact) mass is 402 g/mol. The fraction of sp³-hybridized carbons (Fsp3) is 0.636. The second-order valence-corrected chi connectivity index (χ2v) is 7.71. The summed E-state index contributed by atoms with van der Waals surface area (Å²) in [6.07, 6.45) is 2.51. The standard InChI is InChI=1S/C22H34N4O3/c1-17-7-4-8-18(2)20(17)29-16-6-10-24-22(23-3)26-13-11-25(12-14-26)21(27)19-9-5-15-28-19/h4,7-8,19H,5-6,9-16H2,1-3H3,(H,23,24). The van der Waals surface area contributed by atoms with Crippen LogP contribution in [0, 0.1) is 13.8 Å². The molecule has 2 fully saturated rings. The molecule has 1 amide bonds. The number of aliphatic imine (C=N–C) groups is 1. The second kappa shape index (κ2) is 10.5. The smallest absolute Gasteiger partial charge is 0.251 e. The molecule has 7 heteroatoms. The first kappa shape index (κ1) is 21.4. The van der Waals surface area contributed by atoms with Gasteiger partial charge in [-0.25, -0.2) is 0 Å². The number of amides is 1. The van der Waals surface area contributed by atoms with E-state index in [0.717, 1.165) is 63.7 Å². The summed E-state index contributed by atoms with van der Waals surface area (Å²) < 4.78 is 11.5. The molecule has 3 rings (SSSR count). The molecule has 1 atom stereocenters. The Morgan fingerprint density at radius 2 is 1.90 bits per heavy atom. The van der Waals surface area contributed by atoms with Crippen LogP contribution in [0.25, 0.3) is 0 Å². The van der Waals surface area contributed by atoms with Gasteiger partial charge in [0.05, 0.1) is 6.61 Å². The molecule has 0 aromatic heterocycles. The van der Waals surface area contributed by atoms with Crippen molar-refractivity contribution in [1.82, 2.24) is 15.1 Å². The van der Waals surface area contributed by atoms with Crippen LogP contribution in [0.4, 0.5) is 0 Å². The first-order valence-corrected chi connectivity index (χ1v) is 10.6. The van der Waals surface area contributed by atoms with Crippen molar-refractivity contribution < 1.29 is 14.3 Å². The number of rotatable bonds is 6. The van der Waals surface area contributed by atoms with E-state index < -0.39 is 0 Å². The summed E-state index contributed by atoms with van der Waals surface area (Å²) in [7, 11) is 1.80. The molecule has 0 saturated carbocycles. The van der Waals surface area contributed by atoms with Crippen molar-refractivity contribution in [3.63, 3.8) is 0 Å². The van der Waals surface area contributed by atoms with E-state index >= 15 is 0 Å². The molecule has 29 heavy (non-hydrogen) atoms. The average molecular weight is 403 g/mol. The third-order valence-electron chi connectivity index (χ3n) is 5.57. The summed E-state index contributed by atoms with van der Waals surface area (Å²) in [4.78, 5) is 21.0. The van der Waals surface area contributed by atoms with Gasteiger partial charge in [-0.1, -0.05) is 18.2 Å². The molecule has 0 bridgehead atoms. The van der Waals surface area contributed by atoms with Crippen LogP contribution in [0.2, 0.25) is 0 Å². The zero-order valence-electron chi connectivity index (χ0n) is 17.9. The first-order chi connectivity index (χ1) is 14.1. The Hall–Kier alpha value is -2.28. The van der Waals surface area contributed by atoms with Gasteiger partial charge in [0.25, 0.3) is 5.91 Å². The Kier molecular flexibility index (Phi) is 7.75. The molecule has 2 saturated heterocycles. The van der Waals surface area contributed by atoms with Crippen molar-refractivity contribution in [2.75, 3.05) is 53.0 Å². The minimum absolute atomic E-state index is 0.147. The highest BCUT2D eigenvalue weighted by atomic mass is 16.5. The molecular weight excluding hydrogens is 368 g/mol. The summed E-state index contributed by atoms with van der Waals surface area (Å²) >= 11 is 0. The number of guanidine groups is 1. The Morgan fingerprint density at radius 3 is 2.52 bits per heavy atom. The molecule has 160 valence electrons. The van der Waals surface area contributed by atoms with E-state index in [0.29, 0.717) is 13.2 Å². The summed E-state index contributed by atoms with van der Waals surface area (Å²) in [5.74, 6) is 2.03. The molecule has 2 aliphatic rings. The molecule has 2 aliphatic heterocycles. The van der Waals surface area contributed by atoms with Gasteiger partial charge in [0.2, 0.25) is 0 Å². The van der Waals surface area contributed by atoms with Crippen LogP contribution in [0.5, 0.6) is 5.75 Å². The second-order valence-electron chi connectivity index (χ2n) is 7.71. The highest BCUT2D eigenvalue weighted by Gasteiger charge is 2.30. The van der Waals surface area contributed by atoms with E-state index in [4.69, 9.17) is 9.47 Å². The number of nitrogens with zero attached hydrogens (tertiary/aromatic N) is 3. The number of para-hydroxylation sites is 1. The van der Waals surface area contributed by atoms with Crippen LogP contribution in [0.3, 0.4) is 0 Å². The summed E-state index contributed by atoms with van der Waals surface area (Å²) in [6, 6.07) is 6.20. The fourth-order valence-corrected chi connectivity index (χ4v) is 3.92. The van der Waals surface area contributed by atoms with Crippen molar-refractivity contribution in [3.05, 3.63) is 29.3 Å². The van der Waals surface area contributed by atoms with E-state index in [2.05, 4.69) is 47.3 Å². The van der Waals surface area contributed by atoms with E-state index in [1.807, 2.05) is 4.90 Å². The summed E-state index contributed by atoms with van der Waals surface area (Å²) in [5, 5.41) is 3.42. The maximum atomic E-state index is 12.5. The normalized spacial score (nSPS) is 20.1. The molecule has 0 radical (unpaired) electrons. The van der Waals surface area contributed by atoms with Crippen LogP contribution in [-0.2, 0) is 9.53 Å². The predicted octanol–water partition coefficient (Wildman–Crippen LogP) is 1.97. The molecule has 0 aliphatic carbocycles. The lowest BCUT2D eigenvalue weighted by atomic mass is 10.1. The number of piperazine rings is 1. The number of carbonyl (C=O) groups is 1. The van der Waals surface area contributed by atoms with E-state index in [9.17, 15) is 4.79 Å². The highest BCUT2D eigenvalue weighted by Crippen LogP contribution is 2.22. The van der Waals surface area contributed by atoms with Gasteiger partial charge in [-0.15, -0.1) is 0 Å². The van der Waals surface area contributed by atoms with Crippen LogP contribution >= 0.6 is 0 Å². The quantitative estimate of drug-likeness (QED) is 0.448. The van der Waals surface area contributed by atoms with E-state index in [1.54, 1.807) is 7.05 Å². The third kappa shape index (κ3) is 5.63. The topological polar surface area (TPSA) is 66.4 Å². The first-order valence-electron chi connectivity index (χ1n) is 10.6. The summed E-state index contributed by atoms with van der Waals surface area (Å²) in [6.45, 7) is 9.33. The number of benzene rings is 1. The number of carbonyl (C=O) groups excluding carboxylic acids is 1. The van der Waals surface area contributed by atoms with Crippen LogP contribution in [0.15, 0.2) is 23.2 Å². The lowest BCUT2D eigenvalue weighted by molar-refractivity contribution is -0.142. The number of aryl methyl sites for hydroxylation is 2. The molecule has 2 heterocycles. The molecule has 7 nitrogen and oxygen atoms in total. The molecule has 1 unspecified atom stereocenters. The van der Waals surface area contributed by atoms with Gasteiger partial charge in [-0.2, -0.15) is 0 Å². The van der Waals surface area contributed by atoms with E-state index in [-0.39, 0.29) is 12.0 Å². The van der Waals surface area contributed by atoms with Gasteiger partial charge in [-0.3, -0.25) is 9.79 Å². The van der Waals surface area contributed by atoms with Gasteiger partial charge in [0.15, 0.2) is 5.96 Å². The Labute approximate surface area is 174 Å². The average Bonchev–Trinajstić information content (AvgIpc) is 3.27. The van der Waals surface area contributed by atoms with Gasteiger partial charge in [0.1, 0.15) is 11.9 Å². The van der Waals surface area contributed by atoms with Crippen LogP contribution < -0.4 is 10.1 Å². The molecule has 1 aromatic rings. The Bertz CT molecular complexity index is 688. The number of ether oxygens (including phenoxy) is 2. The molecular formula is C22H34N4O3. The van der Waals surface area contributed by atoms with Gasteiger partial charge < -0.3 is 24.6 Å². The van der Waals surface area contributed by atoms with Gasteiger partial charge in [0, 0.05) is 46.4 Å². The number of hydrogen-bond acceptors (Lipinski definition) is 4. The minimum atomic E-state index is -0.226. The largest absolute Gasteiger partial charge is 0.493 e. The number of hydrogen-bond donors (Lipinski definition) is 1. The van der Waals surface area contributed by atoms with Crippen molar-refractivity contribution in [1.29, 1.82) is 0 Å². The lowest BCUT2D eigenvalue weighted by Crippen LogP contribution is -2.55. The van der Waals surface area contributed by atoms with Crippen LogP contribution in [0.1, 0.15) is 30.4 Å². The Morgan fingerprint density at radius 1 is 1.21 bits per heavy atom. The lowest BCUT2D eigenvalue weighted by Gasteiger charge is -2.37. The van der Waals surface area contributed by atoms with Gasteiger partial charge in [-0.05, 0) is 44.2 Å². The maximum Gasteiger partial charge on any atom is 0.251 e. The fourth-order valence-electron chi connectivity index (χ4n) is 3.92. The van der Waals surface area contributed by atoms with Gasteiger partial charge >= 0.3 is 0 Å². The summed E-state index contributed by atoms with van der Waals surface area (Å²) in [5.41, 5.74) is 2.34. The van der Waals surface area contributed by atoms with Crippen molar-refractivity contribution in [3.8, 4) is 5.75 Å². The molecule has 1 N–H and O–H groups in total. The maximum absolute atomic E-state index is 12.5. The molecule has 1 aromatic carbocycles. The zero-order chi connectivity index (χ0) is 20.6.